The van der Waals surface area contributed by atoms with Gasteiger partial charge in [-0.05, 0) is 11.1 Å². The molecule has 2 N–H and O–H groups in total. The first-order valence-corrected chi connectivity index (χ1v) is 8.46. The van der Waals surface area contributed by atoms with E-state index in [0.717, 1.165) is 11.1 Å². The third-order valence-electron chi connectivity index (χ3n) is 3.76. The van der Waals surface area contributed by atoms with E-state index in [1.54, 1.807) is 6.07 Å². The highest BCUT2D eigenvalue weighted by molar-refractivity contribution is 5.81. The fourth-order valence-corrected chi connectivity index (χ4v) is 2.13. The topological polar surface area (TPSA) is 117 Å². The SMILES string of the molecule is COC(=O)CN(C)C(=O)NCc1cccc(CNC(=O)N(C)CC(=O)OC)c1. The lowest BCUT2D eigenvalue weighted by atomic mass is 10.1. The normalized spacial score (nSPS) is 9.86. The first kappa shape index (κ1) is 22.7. The molecule has 0 fully saturated rings. The molecule has 0 heterocycles. The number of hydrogen-bond acceptors (Lipinski definition) is 6. The van der Waals surface area contributed by atoms with Crippen molar-refractivity contribution in [1.29, 1.82) is 0 Å². The van der Waals surface area contributed by atoms with Crippen LogP contribution in [0.4, 0.5) is 9.59 Å². The Hall–Kier alpha value is -3.30. The summed E-state index contributed by atoms with van der Waals surface area (Å²) < 4.78 is 9.03. The van der Waals surface area contributed by atoms with Crippen molar-refractivity contribution < 1.29 is 28.7 Å². The molecule has 4 amide bonds. The molecule has 28 heavy (non-hydrogen) atoms. The minimum atomic E-state index is -0.507. The second kappa shape index (κ2) is 11.4. The van der Waals surface area contributed by atoms with E-state index in [1.165, 1.54) is 38.1 Å². The standard InChI is InChI=1S/C18H26N4O6/c1-21(11-15(23)27-3)17(25)19-9-13-6-5-7-14(8-13)10-20-18(26)22(2)12-16(24)28-4/h5-8H,9-12H2,1-4H3,(H,19,25)(H,20,26). The van der Waals surface area contributed by atoms with Gasteiger partial charge in [-0.25, -0.2) is 9.59 Å². The lowest BCUT2D eigenvalue weighted by molar-refractivity contribution is -0.141. The fourth-order valence-electron chi connectivity index (χ4n) is 2.13. The summed E-state index contributed by atoms with van der Waals surface area (Å²) in [5.74, 6) is -1.01. The van der Waals surface area contributed by atoms with Crippen LogP contribution in [-0.2, 0) is 32.2 Å². The molecule has 0 aromatic heterocycles. The van der Waals surface area contributed by atoms with Gasteiger partial charge in [-0.1, -0.05) is 24.3 Å². The summed E-state index contributed by atoms with van der Waals surface area (Å²) in [4.78, 5) is 48.7. The van der Waals surface area contributed by atoms with Crippen LogP contribution in [0, 0.1) is 0 Å². The van der Waals surface area contributed by atoms with Crippen LogP contribution in [0.1, 0.15) is 11.1 Å². The molecule has 154 valence electrons. The van der Waals surface area contributed by atoms with Crippen LogP contribution >= 0.6 is 0 Å². The molecule has 0 saturated carbocycles. The van der Waals surface area contributed by atoms with Gasteiger partial charge < -0.3 is 29.9 Å². The van der Waals surface area contributed by atoms with Crippen molar-refractivity contribution in [3.05, 3.63) is 35.4 Å². The Labute approximate surface area is 163 Å². The van der Waals surface area contributed by atoms with E-state index in [1.807, 2.05) is 18.2 Å². The first-order valence-electron chi connectivity index (χ1n) is 8.46. The molecular formula is C18H26N4O6. The highest BCUT2D eigenvalue weighted by Crippen LogP contribution is 2.05. The van der Waals surface area contributed by atoms with Crippen molar-refractivity contribution >= 4 is 24.0 Å². The summed E-state index contributed by atoms with van der Waals surface area (Å²) >= 11 is 0. The molecule has 0 aliphatic heterocycles. The number of rotatable bonds is 8. The summed E-state index contributed by atoms with van der Waals surface area (Å²) in [6, 6.07) is 6.48. The van der Waals surface area contributed by atoms with E-state index in [2.05, 4.69) is 20.1 Å². The molecular weight excluding hydrogens is 368 g/mol. The van der Waals surface area contributed by atoms with Crippen LogP contribution in [0.15, 0.2) is 24.3 Å². The van der Waals surface area contributed by atoms with Crippen molar-refractivity contribution in [1.82, 2.24) is 20.4 Å². The lowest BCUT2D eigenvalue weighted by Gasteiger charge is -2.17. The van der Waals surface area contributed by atoms with Gasteiger partial charge in [-0.15, -0.1) is 0 Å². The number of carbonyl (C=O) groups excluding carboxylic acids is 4. The van der Waals surface area contributed by atoms with E-state index in [9.17, 15) is 19.2 Å². The maximum absolute atomic E-state index is 12.0. The Kier molecular flexibility index (Phi) is 9.28. The van der Waals surface area contributed by atoms with Crippen LogP contribution in [0.3, 0.4) is 0 Å². The molecule has 0 radical (unpaired) electrons. The van der Waals surface area contributed by atoms with E-state index >= 15 is 0 Å². The maximum atomic E-state index is 12.0. The Bertz CT molecular complexity index is 654. The summed E-state index contributed by atoms with van der Waals surface area (Å²) in [6.07, 6.45) is 0. The third-order valence-corrected chi connectivity index (χ3v) is 3.76. The van der Waals surface area contributed by atoms with Crippen LogP contribution in [0.5, 0.6) is 0 Å². The molecule has 0 spiro atoms. The first-order chi connectivity index (χ1) is 13.3. The number of urea groups is 2. The number of nitrogens with one attached hydrogen (secondary N) is 2. The second-order valence-electron chi connectivity index (χ2n) is 6.00. The van der Waals surface area contributed by atoms with Crippen molar-refractivity contribution in [3.8, 4) is 0 Å². The van der Waals surface area contributed by atoms with E-state index in [-0.39, 0.29) is 26.2 Å². The Morgan fingerprint density at radius 2 is 1.21 bits per heavy atom. The smallest absolute Gasteiger partial charge is 0.325 e. The molecule has 1 aromatic carbocycles. The van der Waals surface area contributed by atoms with Crippen molar-refractivity contribution in [2.24, 2.45) is 0 Å². The number of esters is 2. The summed E-state index contributed by atoms with van der Waals surface area (Å²) in [6.45, 7) is 0.226. The minimum absolute atomic E-state index is 0.145. The number of ether oxygens (including phenoxy) is 2. The number of hydrogen-bond donors (Lipinski definition) is 2. The van der Waals surface area contributed by atoms with E-state index in [4.69, 9.17) is 0 Å². The van der Waals surface area contributed by atoms with Crippen molar-refractivity contribution in [3.63, 3.8) is 0 Å². The number of benzene rings is 1. The maximum Gasteiger partial charge on any atom is 0.325 e. The number of methoxy groups -OCH3 is 2. The van der Waals surface area contributed by atoms with Gasteiger partial charge in [0.2, 0.25) is 0 Å². The van der Waals surface area contributed by atoms with E-state index < -0.39 is 24.0 Å². The lowest BCUT2D eigenvalue weighted by Crippen LogP contribution is -2.40. The number of nitrogens with zero attached hydrogens (tertiary/aromatic N) is 2. The van der Waals surface area contributed by atoms with Crippen molar-refractivity contribution in [2.75, 3.05) is 41.4 Å². The van der Waals surface area contributed by atoms with Gasteiger partial charge in [-0.2, -0.15) is 0 Å². The quantitative estimate of drug-likeness (QED) is 0.613. The van der Waals surface area contributed by atoms with Gasteiger partial charge in [0.15, 0.2) is 0 Å². The Morgan fingerprint density at radius 1 is 0.821 bits per heavy atom. The predicted octanol–water partition coefficient (Wildman–Crippen LogP) is 0.315. The van der Waals surface area contributed by atoms with Gasteiger partial charge in [0.1, 0.15) is 13.1 Å². The van der Waals surface area contributed by atoms with Crippen LogP contribution in [-0.4, -0.2) is 75.2 Å². The predicted molar refractivity (Wildman–Crippen MR) is 100 cm³/mol. The van der Waals surface area contributed by atoms with Gasteiger partial charge >= 0.3 is 24.0 Å². The highest BCUT2D eigenvalue weighted by atomic mass is 16.5. The summed E-state index contributed by atoms with van der Waals surface area (Å²) in [5, 5.41) is 5.40. The number of carbonyl (C=O) groups is 4. The molecule has 10 heteroatoms. The molecule has 0 atom stereocenters. The Morgan fingerprint density at radius 3 is 1.57 bits per heavy atom. The zero-order valence-corrected chi connectivity index (χ0v) is 16.5. The highest BCUT2D eigenvalue weighted by Gasteiger charge is 2.14. The van der Waals surface area contributed by atoms with Gasteiger partial charge in [0.25, 0.3) is 0 Å². The largest absolute Gasteiger partial charge is 0.468 e. The second-order valence-corrected chi connectivity index (χ2v) is 6.00. The molecule has 0 aliphatic rings. The number of amides is 4. The molecule has 0 unspecified atom stereocenters. The van der Waals surface area contributed by atoms with Crippen LogP contribution in [0.2, 0.25) is 0 Å². The molecule has 0 saturated heterocycles. The zero-order valence-electron chi connectivity index (χ0n) is 16.5. The monoisotopic (exact) mass is 394 g/mol. The number of likely N-dealkylation sites (N-methyl/N-ethyl adjacent to an activating group) is 2. The third kappa shape index (κ3) is 7.94. The molecule has 1 rings (SSSR count). The molecule has 1 aromatic rings. The van der Waals surface area contributed by atoms with Crippen LogP contribution < -0.4 is 10.6 Å². The molecule has 0 bridgehead atoms. The Balaban J connectivity index is 2.51. The fraction of sp³-hybridized carbons (Fsp3) is 0.444. The summed E-state index contributed by atoms with van der Waals surface area (Å²) in [5.41, 5.74) is 1.66. The minimum Gasteiger partial charge on any atom is -0.468 e. The van der Waals surface area contributed by atoms with Crippen LogP contribution in [0.25, 0.3) is 0 Å². The van der Waals surface area contributed by atoms with Gasteiger partial charge in [-0.3, -0.25) is 9.59 Å². The van der Waals surface area contributed by atoms with Crippen molar-refractivity contribution in [2.45, 2.75) is 13.1 Å². The zero-order chi connectivity index (χ0) is 21.1. The van der Waals surface area contributed by atoms with Gasteiger partial charge in [0, 0.05) is 27.2 Å². The molecule has 10 nitrogen and oxygen atoms in total. The van der Waals surface area contributed by atoms with E-state index in [0.29, 0.717) is 0 Å². The average molecular weight is 394 g/mol. The average Bonchev–Trinajstić information content (AvgIpc) is 2.69. The van der Waals surface area contributed by atoms with Gasteiger partial charge in [0.05, 0.1) is 14.2 Å². The molecule has 0 aliphatic carbocycles. The summed E-state index contributed by atoms with van der Waals surface area (Å²) in [7, 11) is 5.49.